The summed E-state index contributed by atoms with van der Waals surface area (Å²) in [5.74, 6) is 0.530. The van der Waals surface area contributed by atoms with Crippen LogP contribution in [0, 0.1) is 0 Å². The molecule has 2 aromatic rings. The molecule has 0 aliphatic carbocycles. The number of rotatable bonds is 5. The number of carbonyl (C=O) groups excluding carboxylic acids is 1. The second-order valence-electron chi connectivity index (χ2n) is 5.79. The Morgan fingerprint density at radius 1 is 1.35 bits per heavy atom. The number of benzene rings is 2. The van der Waals surface area contributed by atoms with Gasteiger partial charge in [0.25, 0.3) is 0 Å². The van der Waals surface area contributed by atoms with Gasteiger partial charge in [-0.1, -0.05) is 35.9 Å². The Morgan fingerprint density at radius 2 is 2.13 bits per heavy atom. The Kier molecular flexibility index (Phi) is 5.46. The number of ether oxygens (including phenoxy) is 1. The van der Waals surface area contributed by atoms with Crippen LogP contribution >= 0.6 is 23.4 Å². The topological polar surface area (TPSA) is 29.5 Å². The molecule has 1 amide bonds. The zero-order chi connectivity index (χ0) is 16.2. The summed E-state index contributed by atoms with van der Waals surface area (Å²) in [5.41, 5.74) is 0. The van der Waals surface area contributed by atoms with Gasteiger partial charge in [-0.15, -0.1) is 11.8 Å². The number of thioether (sulfide) groups is 1. The van der Waals surface area contributed by atoms with Crippen molar-refractivity contribution in [3.63, 3.8) is 0 Å². The first kappa shape index (κ1) is 16.6. The van der Waals surface area contributed by atoms with Crippen molar-refractivity contribution in [2.45, 2.75) is 23.8 Å². The largest absolute Gasteiger partial charge is 0.376 e. The Labute approximate surface area is 145 Å². The SMILES string of the molecule is CN(CC1CCCO1)C(=O)CSc1cccc2cccc(Cl)c12. The van der Waals surface area contributed by atoms with E-state index in [0.29, 0.717) is 12.3 Å². The van der Waals surface area contributed by atoms with Gasteiger partial charge in [0.05, 0.1) is 11.9 Å². The number of carbonyl (C=O) groups is 1. The van der Waals surface area contributed by atoms with E-state index in [0.717, 1.165) is 40.1 Å². The van der Waals surface area contributed by atoms with Crippen molar-refractivity contribution < 1.29 is 9.53 Å². The van der Waals surface area contributed by atoms with Gasteiger partial charge in [0.2, 0.25) is 5.91 Å². The van der Waals surface area contributed by atoms with Gasteiger partial charge in [-0.3, -0.25) is 4.79 Å². The molecule has 1 saturated heterocycles. The molecule has 0 radical (unpaired) electrons. The molecule has 1 aliphatic rings. The minimum absolute atomic E-state index is 0.120. The fourth-order valence-corrected chi connectivity index (χ4v) is 4.21. The standard InChI is InChI=1S/C18H20ClNO2S/c1-20(11-14-7-4-10-22-14)17(21)12-23-16-9-3-6-13-5-2-8-15(19)18(13)16/h2-3,5-6,8-9,14H,4,7,10-12H2,1H3. The van der Waals surface area contributed by atoms with Crippen LogP contribution in [0.2, 0.25) is 5.02 Å². The van der Waals surface area contributed by atoms with Gasteiger partial charge >= 0.3 is 0 Å². The van der Waals surface area contributed by atoms with Gasteiger partial charge in [-0.2, -0.15) is 0 Å². The lowest BCUT2D eigenvalue weighted by atomic mass is 10.1. The molecule has 1 fully saturated rings. The van der Waals surface area contributed by atoms with E-state index in [1.54, 1.807) is 16.7 Å². The lowest BCUT2D eigenvalue weighted by Gasteiger charge is -2.20. The van der Waals surface area contributed by atoms with Crippen LogP contribution in [-0.2, 0) is 9.53 Å². The van der Waals surface area contributed by atoms with E-state index in [1.165, 1.54) is 0 Å². The number of fused-ring (bicyclic) bond motifs is 1. The lowest BCUT2D eigenvalue weighted by molar-refractivity contribution is -0.128. The van der Waals surface area contributed by atoms with Crippen molar-refractivity contribution in [1.29, 1.82) is 0 Å². The van der Waals surface area contributed by atoms with Crippen molar-refractivity contribution in [3.05, 3.63) is 41.4 Å². The zero-order valence-corrected chi connectivity index (χ0v) is 14.7. The third kappa shape index (κ3) is 4.00. The van der Waals surface area contributed by atoms with E-state index in [1.807, 2.05) is 43.4 Å². The average Bonchev–Trinajstić information content (AvgIpc) is 3.05. The summed E-state index contributed by atoms with van der Waals surface area (Å²) >= 11 is 7.87. The summed E-state index contributed by atoms with van der Waals surface area (Å²) in [7, 11) is 1.85. The second kappa shape index (κ2) is 7.56. The van der Waals surface area contributed by atoms with Gasteiger partial charge in [0, 0.05) is 35.5 Å². The maximum absolute atomic E-state index is 12.3. The number of nitrogens with zero attached hydrogens (tertiary/aromatic N) is 1. The van der Waals surface area contributed by atoms with E-state index >= 15 is 0 Å². The van der Waals surface area contributed by atoms with Crippen molar-refractivity contribution in [2.24, 2.45) is 0 Å². The molecule has 0 N–H and O–H groups in total. The molecule has 2 aromatic carbocycles. The van der Waals surface area contributed by atoms with Crippen LogP contribution in [-0.4, -0.2) is 42.9 Å². The van der Waals surface area contributed by atoms with Gasteiger partial charge in [-0.25, -0.2) is 0 Å². The van der Waals surface area contributed by atoms with Crippen molar-refractivity contribution in [1.82, 2.24) is 4.90 Å². The number of halogens is 1. The van der Waals surface area contributed by atoms with Crippen LogP contribution in [0.3, 0.4) is 0 Å². The molecule has 122 valence electrons. The van der Waals surface area contributed by atoms with Crippen LogP contribution in [0.25, 0.3) is 10.8 Å². The fraction of sp³-hybridized carbons (Fsp3) is 0.389. The number of hydrogen-bond acceptors (Lipinski definition) is 3. The van der Waals surface area contributed by atoms with Crippen LogP contribution in [0.1, 0.15) is 12.8 Å². The molecular formula is C18H20ClNO2S. The number of likely N-dealkylation sites (N-methyl/N-ethyl adjacent to an activating group) is 1. The normalized spacial score (nSPS) is 17.6. The zero-order valence-electron chi connectivity index (χ0n) is 13.1. The molecule has 3 nitrogen and oxygen atoms in total. The van der Waals surface area contributed by atoms with Crippen LogP contribution < -0.4 is 0 Å². The highest BCUT2D eigenvalue weighted by Crippen LogP contribution is 2.33. The van der Waals surface area contributed by atoms with Crippen molar-refractivity contribution in [2.75, 3.05) is 26.0 Å². The van der Waals surface area contributed by atoms with E-state index < -0.39 is 0 Å². The van der Waals surface area contributed by atoms with Crippen LogP contribution in [0.5, 0.6) is 0 Å². The van der Waals surface area contributed by atoms with Crippen LogP contribution in [0.15, 0.2) is 41.3 Å². The number of amides is 1. The highest BCUT2D eigenvalue weighted by molar-refractivity contribution is 8.00. The predicted molar refractivity (Wildman–Crippen MR) is 96.3 cm³/mol. The van der Waals surface area contributed by atoms with Crippen LogP contribution in [0.4, 0.5) is 0 Å². The van der Waals surface area contributed by atoms with E-state index in [4.69, 9.17) is 16.3 Å². The summed E-state index contributed by atoms with van der Waals surface area (Å²) in [5, 5.41) is 2.85. The van der Waals surface area contributed by atoms with Gasteiger partial charge < -0.3 is 9.64 Å². The highest BCUT2D eigenvalue weighted by atomic mass is 35.5. The Balaban J connectivity index is 1.65. The minimum atomic E-state index is 0.120. The molecule has 0 spiro atoms. The molecule has 0 aromatic heterocycles. The molecule has 1 atom stereocenters. The summed E-state index contributed by atoms with van der Waals surface area (Å²) in [6.45, 7) is 1.49. The molecule has 1 unspecified atom stereocenters. The Hall–Kier alpha value is -1.23. The first-order valence-electron chi connectivity index (χ1n) is 7.81. The Bertz CT molecular complexity index is 695. The fourth-order valence-electron chi connectivity index (χ4n) is 2.83. The predicted octanol–water partition coefficient (Wildman–Crippen LogP) is 4.22. The molecule has 3 rings (SSSR count). The van der Waals surface area contributed by atoms with Gasteiger partial charge in [-0.05, 0) is 30.4 Å². The summed E-state index contributed by atoms with van der Waals surface area (Å²) < 4.78 is 5.59. The molecule has 1 aliphatic heterocycles. The molecular weight excluding hydrogens is 330 g/mol. The van der Waals surface area contributed by atoms with Crippen molar-refractivity contribution >= 4 is 40.0 Å². The monoisotopic (exact) mass is 349 g/mol. The molecule has 23 heavy (non-hydrogen) atoms. The summed E-state index contributed by atoms with van der Waals surface area (Å²) in [6.07, 6.45) is 2.33. The summed E-state index contributed by atoms with van der Waals surface area (Å²) in [6, 6.07) is 11.9. The Morgan fingerprint density at radius 3 is 2.87 bits per heavy atom. The quantitative estimate of drug-likeness (QED) is 0.757. The molecule has 5 heteroatoms. The average molecular weight is 350 g/mol. The van der Waals surface area contributed by atoms with E-state index in [2.05, 4.69) is 0 Å². The second-order valence-corrected chi connectivity index (χ2v) is 7.22. The molecule has 0 saturated carbocycles. The van der Waals surface area contributed by atoms with Gasteiger partial charge in [0.15, 0.2) is 0 Å². The van der Waals surface area contributed by atoms with E-state index in [-0.39, 0.29) is 12.0 Å². The molecule has 0 bridgehead atoms. The third-order valence-corrected chi connectivity index (χ3v) is 5.45. The van der Waals surface area contributed by atoms with Crippen molar-refractivity contribution in [3.8, 4) is 0 Å². The lowest BCUT2D eigenvalue weighted by Crippen LogP contribution is -2.35. The molecule has 1 heterocycles. The maximum Gasteiger partial charge on any atom is 0.232 e. The van der Waals surface area contributed by atoms with Gasteiger partial charge in [0.1, 0.15) is 0 Å². The first-order valence-corrected chi connectivity index (χ1v) is 9.17. The first-order chi connectivity index (χ1) is 11.1. The number of hydrogen-bond donors (Lipinski definition) is 0. The minimum Gasteiger partial charge on any atom is -0.376 e. The highest BCUT2D eigenvalue weighted by Gasteiger charge is 2.20. The summed E-state index contributed by atoms with van der Waals surface area (Å²) in [4.78, 5) is 15.2. The smallest absolute Gasteiger partial charge is 0.232 e. The maximum atomic E-state index is 12.3. The van der Waals surface area contributed by atoms with E-state index in [9.17, 15) is 4.79 Å². The third-order valence-electron chi connectivity index (χ3n) is 4.09.